The highest BCUT2D eigenvalue weighted by atomic mass is 16.2. The first-order valence-electron chi connectivity index (χ1n) is 9.94. The van der Waals surface area contributed by atoms with Crippen LogP contribution in [0.4, 0.5) is 4.79 Å². The predicted molar refractivity (Wildman–Crippen MR) is 110 cm³/mol. The predicted octanol–water partition coefficient (Wildman–Crippen LogP) is 3.46. The Hall–Kier alpha value is -3.08. The summed E-state index contributed by atoms with van der Waals surface area (Å²) in [5.74, 6) is 0.975. The lowest BCUT2D eigenvalue weighted by Gasteiger charge is -2.10. The Labute approximate surface area is 165 Å². The zero-order chi connectivity index (χ0) is 19.2. The summed E-state index contributed by atoms with van der Waals surface area (Å²) in [4.78, 5) is 16.5. The summed E-state index contributed by atoms with van der Waals surface area (Å²) in [6, 6.07) is 16.7. The number of rotatable bonds is 7. The highest BCUT2D eigenvalue weighted by Gasteiger charge is 2.11. The van der Waals surface area contributed by atoms with Gasteiger partial charge >= 0.3 is 6.03 Å². The van der Waals surface area contributed by atoms with E-state index >= 15 is 0 Å². The van der Waals surface area contributed by atoms with E-state index in [-0.39, 0.29) is 6.03 Å². The fourth-order valence-electron chi connectivity index (χ4n) is 3.76. The van der Waals surface area contributed by atoms with Gasteiger partial charge in [0.25, 0.3) is 0 Å². The lowest BCUT2D eigenvalue weighted by Crippen LogP contribution is -2.36. The molecule has 1 heterocycles. The number of benzene rings is 2. The molecule has 0 aliphatic heterocycles. The molecule has 0 atom stereocenters. The quantitative estimate of drug-likeness (QED) is 0.665. The molecular weight excluding hydrogens is 348 g/mol. The zero-order valence-corrected chi connectivity index (χ0v) is 16.0. The standard InChI is InChI=1S/C23H26N4O/c28-23(26-16-19-9-10-20-7-4-8-21(20)15-19)25-12-11-22-24-13-14-27(22)17-18-5-2-1-3-6-18/h1-3,5-6,9-10,13-15H,4,7-8,11-12,16-17H2,(H2,25,26,28). The first kappa shape index (κ1) is 18.3. The van der Waals surface area contributed by atoms with Gasteiger partial charge in [-0.25, -0.2) is 9.78 Å². The molecule has 4 rings (SSSR count). The number of aromatic nitrogens is 2. The Bertz CT molecular complexity index is 933. The SMILES string of the molecule is O=C(NCCc1nccn1Cc1ccccc1)NCc1ccc2c(c1)CCC2. The molecule has 1 aromatic heterocycles. The van der Waals surface area contributed by atoms with Crippen LogP contribution in [0.15, 0.2) is 60.9 Å². The van der Waals surface area contributed by atoms with Gasteiger partial charge in [0.2, 0.25) is 0 Å². The van der Waals surface area contributed by atoms with E-state index in [1.54, 1.807) is 0 Å². The number of aryl methyl sites for hydroxylation is 2. The van der Waals surface area contributed by atoms with E-state index in [2.05, 4.69) is 50.5 Å². The minimum absolute atomic E-state index is 0.137. The van der Waals surface area contributed by atoms with Crippen molar-refractivity contribution in [3.63, 3.8) is 0 Å². The van der Waals surface area contributed by atoms with Crippen LogP contribution in [0.25, 0.3) is 0 Å². The number of hydrogen-bond donors (Lipinski definition) is 2. The first-order chi connectivity index (χ1) is 13.8. The molecule has 0 fully saturated rings. The summed E-state index contributed by atoms with van der Waals surface area (Å²) in [5.41, 5.74) is 5.29. The fourth-order valence-corrected chi connectivity index (χ4v) is 3.76. The van der Waals surface area contributed by atoms with Gasteiger partial charge in [-0.2, -0.15) is 0 Å². The monoisotopic (exact) mass is 374 g/mol. The first-order valence-corrected chi connectivity index (χ1v) is 9.94. The highest BCUT2D eigenvalue weighted by molar-refractivity contribution is 5.73. The zero-order valence-electron chi connectivity index (χ0n) is 16.0. The van der Waals surface area contributed by atoms with Gasteiger partial charge in [-0.05, 0) is 41.5 Å². The second-order valence-electron chi connectivity index (χ2n) is 7.27. The van der Waals surface area contributed by atoms with Crippen molar-refractivity contribution in [1.82, 2.24) is 20.2 Å². The molecule has 1 aliphatic rings. The van der Waals surface area contributed by atoms with Gasteiger partial charge in [-0.3, -0.25) is 0 Å². The smallest absolute Gasteiger partial charge is 0.315 e. The fraction of sp³-hybridized carbons (Fsp3) is 0.304. The topological polar surface area (TPSA) is 59.0 Å². The van der Waals surface area contributed by atoms with Gasteiger partial charge in [-0.15, -0.1) is 0 Å². The van der Waals surface area contributed by atoms with Crippen molar-refractivity contribution in [1.29, 1.82) is 0 Å². The van der Waals surface area contributed by atoms with Crippen LogP contribution in [-0.4, -0.2) is 22.1 Å². The number of nitrogens with zero attached hydrogens (tertiary/aromatic N) is 2. The summed E-state index contributed by atoms with van der Waals surface area (Å²) in [5, 5.41) is 5.88. The number of imidazole rings is 1. The maximum atomic E-state index is 12.1. The minimum Gasteiger partial charge on any atom is -0.338 e. The van der Waals surface area contributed by atoms with Gasteiger partial charge in [-0.1, -0.05) is 48.5 Å². The summed E-state index contributed by atoms with van der Waals surface area (Å²) >= 11 is 0. The van der Waals surface area contributed by atoms with E-state index in [1.165, 1.54) is 29.5 Å². The van der Waals surface area contributed by atoms with Crippen LogP contribution in [0.3, 0.4) is 0 Å². The maximum Gasteiger partial charge on any atom is 0.315 e. The molecule has 1 aliphatic carbocycles. The van der Waals surface area contributed by atoms with Crippen molar-refractivity contribution in [2.24, 2.45) is 0 Å². The molecule has 144 valence electrons. The molecular formula is C23H26N4O. The van der Waals surface area contributed by atoms with Gasteiger partial charge in [0, 0.05) is 38.4 Å². The molecule has 2 aromatic carbocycles. The number of hydrogen-bond acceptors (Lipinski definition) is 2. The molecule has 0 spiro atoms. The Morgan fingerprint density at radius 1 is 1.00 bits per heavy atom. The largest absolute Gasteiger partial charge is 0.338 e. The summed E-state index contributed by atoms with van der Waals surface area (Å²) in [6.07, 6.45) is 8.08. The third kappa shape index (κ3) is 4.60. The average molecular weight is 374 g/mol. The summed E-state index contributed by atoms with van der Waals surface area (Å²) in [7, 11) is 0. The lowest BCUT2D eigenvalue weighted by molar-refractivity contribution is 0.240. The molecule has 0 bridgehead atoms. The van der Waals surface area contributed by atoms with E-state index in [0.717, 1.165) is 24.4 Å². The van der Waals surface area contributed by atoms with Crippen LogP contribution < -0.4 is 10.6 Å². The summed E-state index contributed by atoms with van der Waals surface area (Å²) in [6.45, 7) is 1.91. The van der Waals surface area contributed by atoms with Gasteiger partial charge in [0.15, 0.2) is 0 Å². The third-order valence-corrected chi connectivity index (χ3v) is 5.25. The maximum absolute atomic E-state index is 12.1. The molecule has 5 nitrogen and oxygen atoms in total. The number of amides is 2. The molecule has 5 heteroatoms. The molecule has 28 heavy (non-hydrogen) atoms. The van der Waals surface area contributed by atoms with Crippen LogP contribution in [0, 0.1) is 0 Å². The normalized spacial score (nSPS) is 12.6. The van der Waals surface area contributed by atoms with Crippen LogP contribution in [0.2, 0.25) is 0 Å². The Kier molecular flexibility index (Phi) is 5.71. The van der Waals surface area contributed by atoms with E-state index in [9.17, 15) is 4.79 Å². The number of carbonyl (C=O) groups excluding carboxylic acids is 1. The van der Waals surface area contributed by atoms with Gasteiger partial charge in [0.05, 0.1) is 0 Å². The Morgan fingerprint density at radius 2 is 1.86 bits per heavy atom. The third-order valence-electron chi connectivity index (χ3n) is 5.25. The Morgan fingerprint density at radius 3 is 2.75 bits per heavy atom. The van der Waals surface area contributed by atoms with Crippen LogP contribution in [0.5, 0.6) is 0 Å². The molecule has 2 amide bonds. The molecule has 0 unspecified atom stereocenters. The van der Waals surface area contributed by atoms with Crippen LogP contribution in [-0.2, 0) is 32.4 Å². The van der Waals surface area contributed by atoms with E-state index in [1.807, 2.05) is 30.6 Å². The second-order valence-corrected chi connectivity index (χ2v) is 7.27. The van der Waals surface area contributed by atoms with Crippen molar-refractivity contribution in [2.75, 3.05) is 6.54 Å². The van der Waals surface area contributed by atoms with Gasteiger partial charge in [0.1, 0.15) is 5.82 Å². The Balaban J connectivity index is 1.22. The van der Waals surface area contributed by atoms with Gasteiger partial charge < -0.3 is 15.2 Å². The van der Waals surface area contributed by atoms with Crippen molar-refractivity contribution < 1.29 is 4.79 Å². The van der Waals surface area contributed by atoms with E-state index in [0.29, 0.717) is 19.5 Å². The molecule has 0 saturated heterocycles. The molecule has 3 aromatic rings. The number of carbonyl (C=O) groups is 1. The highest BCUT2D eigenvalue weighted by Crippen LogP contribution is 2.22. The number of nitrogens with one attached hydrogen (secondary N) is 2. The summed E-state index contributed by atoms with van der Waals surface area (Å²) < 4.78 is 2.12. The number of urea groups is 1. The second kappa shape index (κ2) is 8.74. The van der Waals surface area contributed by atoms with E-state index in [4.69, 9.17) is 0 Å². The van der Waals surface area contributed by atoms with Crippen LogP contribution in [0.1, 0.15) is 34.5 Å². The number of fused-ring (bicyclic) bond motifs is 1. The molecule has 0 saturated carbocycles. The minimum atomic E-state index is -0.137. The average Bonchev–Trinajstić information content (AvgIpc) is 3.36. The van der Waals surface area contributed by atoms with Crippen molar-refractivity contribution in [2.45, 2.75) is 38.8 Å². The van der Waals surface area contributed by atoms with Crippen molar-refractivity contribution >= 4 is 6.03 Å². The molecule has 0 radical (unpaired) electrons. The van der Waals surface area contributed by atoms with Crippen molar-refractivity contribution in [3.8, 4) is 0 Å². The lowest BCUT2D eigenvalue weighted by atomic mass is 10.1. The van der Waals surface area contributed by atoms with E-state index < -0.39 is 0 Å². The van der Waals surface area contributed by atoms with Crippen LogP contribution >= 0.6 is 0 Å². The molecule has 2 N–H and O–H groups in total. The van der Waals surface area contributed by atoms with Crippen molar-refractivity contribution in [3.05, 3.63) is 89.0 Å².